The Morgan fingerprint density at radius 1 is 1.27 bits per heavy atom. The molecule has 0 fully saturated rings. The molecular weight excluding hydrogens is 392 g/mol. The number of rotatable bonds is 5. The summed E-state index contributed by atoms with van der Waals surface area (Å²) in [5.74, 6) is -0.214. The summed E-state index contributed by atoms with van der Waals surface area (Å²) in [5, 5.41) is 18.7. The predicted octanol–water partition coefficient (Wildman–Crippen LogP) is 3.01. The van der Waals surface area contributed by atoms with Crippen molar-refractivity contribution in [2.45, 2.75) is 13.5 Å². The van der Waals surface area contributed by atoms with Crippen LogP contribution in [-0.2, 0) is 11.3 Å². The van der Waals surface area contributed by atoms with Crippen molar-refractivity contribution in [2.75, 3.05) is 12.4 Å². The number of ether oxygens (including phenoxy) is 1. The van der Waals surface area contributed by atoms with Gasteiger partial charge in [0, 0.05) is 17.5 Å². The van der Waals surface area contributed by atoms with Gasteiger partial charge in [-0.25, -0.2) is 4.79 Å². The van der Waals surface area contributed by atoms with Crippen LogP contribution in [0.2, 0.25) is 0 Å². The molecule has 0 saturated heterocycles. The number of non-ortho nitro benzene ring substituents is 1. The number of benzene rings is 2. The van der Waals surface area contributed by atoms with Gasteiger partial charge in [0.25, 0.3) is 5.69 Å². The zero-order valence-electron chi connectivity index (χ0n) is 16.0. The van der Waals surface area contributed by atoms with Gasteiger partial charge in [-0.3, -0.25) is 19.6 Å². The summed E-state index contributed by atoms with van der Waals surface area (Å²) < 4.78 is 11.9. The lowest BCUT2D eigenvalue weighted by atomic mass is 10.1. The van der Waals surface area contributed by atoms with Crippen LogP contribution >= 0.6 is 0 Å². The molecule has 4 rings (SSSR count). The molecule has 2 heterocycles. The average molecular weight is 408 g/mol. The number of nitro groups is 1. The van der Waals surface area contributed by atoms with Crippen LogP contribution in [0.15, 0.2) is 51.8 Å². The highest BCUT2D eigenvalue weighted by atomic mass is 16.6. The van der Waals surface area contributed by atoms with E-state index >= 15 is 0 Å². The first kappa shape index (κ1) is 19.1. The number of nitrogens with zero attached hydrogens (tertiary/aromatic N) is 3. The summed E-state index contributed by atoms with van der Waals surface area (Å²) in [4.78, 5) is 35.4. The van der Waals surface area contributed by atoms with Gasteiger partial charge in [0.1, 0.15) is 23.3 Å². The Morgan fingerprint density at radius 2 is 2.07 bits per heavy atom. The number of amides is 1. The number of methoxy groups -OCH3 is 1. The normalized spacial score (nSPS) is 11.0. The van der Waals surface area contributed by atoms with Gasteiger partial charge in [-0.2, -0.15) is 5.10 Å². The Hall–Kier alpha value is -4.21. The number of hydrogen-bond acceptors (Lipinski definition) is 7. The SMILES string of the molecule is COc1ccc([N+](=O)[O-])cc1NC(=O)Cn1ncc2c(=O)oc3ccc(C)cc3c21. The second-order valence-electron chi connectivity index (χ2n) is 6.64. The van der Waals surface area contributed by atoms with Gasteiger partial charge in [-0.15, -0.1) is 0 Å². The number of carbonyl (C=O) groups is 1. The standard InChI is InChI=1S/C20H16N4O6/c1-11-3-5-16-13(7-11)19-14(20(26)30-16)9-21-23(19)10-18(25)22-15-8-12(24(27)28)4-6-17(15)29-2/h3-9H,10H2,1-2H3,(H,22,25). The smallest absolute Gasteiger partial charge is 0.347 e. The van der Waals surface area contributed by atoms with Crippen molar-refractivity contribution < 1.29 is 18.9 Å². The third-order valence-electron chi connectivity index (χ3n) is 4.61. The molecular formula is C20H16N4O6. The quantitative estimate of drug-likeness (QED) is 0.305. The first-order chi connectivity index (χ1) is 14.4. The van der Waals surface area contributed by atoms with Crippen LogP contribution in [-0.4, -0.2) is 27.7 Å². The van der Waals surface area contributed by atoms with Crippen molar-refractivity contribution in [3.05, 3.63) is 68.7 Å². The number of aromatic nitrogens is 2. The molecule has 0 unspecified atom stereocenters. The van der Waals surface area contributed by atoms with Crippen molar-refractivity contribution in [1.29, 1.82) is 0 Å². The molecule has 0 radical (unpaired) electrons. The summed E-state index contributed by atoms with van der Waals surface area (Å²) >= 11 is 0. The molecule has 2 aromatic heterocycles. The van der Waals surface area contributed by atoms with Gasteiger partial charge in [-0.05, 0) is 25.1 Å². The highest BCUT2D eigenvalue weighted by molar-refractivity contribution is 6.03. The van der Waals surface area contributed by atoms with Gasteiger partial charge in [0.15, 0.2) is 0 Å². The molecule has 10 nitrogen and oxygen atoms in total. The number of hydrogen-bond donors (Lipinski definition) is 1. The average Bonchev–Trinajstić information content (AvgIpc) is 3.13. The van der Waals surface area contributed by atoms with Crippen molar-refractivity contribution >= 4 is 39.2 Å². The third kappa shape index (κ3) is 3.34. The van der Waals surface area contributed by atoms with Crippen LogP contribution in [0.1, 0.15) is 5.56 Å². The Kier molecular flexibility index (Phi) is 4.66. The maximum atomic E-state index is 12.7. The Morgan fingerprint density at radius 3 is 2.80 bits per heavy atom. The third-order valence-corrected chi connectivity index (χ3v) is 4.61. The maximum absolute atomic E-state index is 12.7. The van der Waals surface area contributed by atoms with E-state index in [2.05, 4.69) is 10.4 Å². The first-order valence-corrected chi connectivity index (χ1v) is 8.88. The van der Waals surface area contributed by atoms with Crippen LogP contribution < -0.4 is 15.7 Å². The van der Waals surface area contributed by atoms with E-state index in [9.17, 15) is 19.7 Å². The zero-order valence-corrected chi connectivity index (χ0v) is 16.0. The van der Waals surface area contributed by atoms with Gasteiger partial charge < -0.3 is 14.5 Å². The van der Waals surface area contributed by atoms with Gasteiger partial charge in [0.05, 0.1) is 29.4 Å². The molecule has 0 atom stereocenters. The van der Waals surface area contributed by atoms with Crippen molar-refractivity contribution in [3.63, 3.8) is 0 Å². The maximum Gasteiger partial charge on any atom is 0.347 e. The van der Waals surface area contributed by atoms with E-state index in [1.165, 1.54) is 36.2 Å². The molecule has 10 heteroatoms. The topological polar surface area (TPSA) is 130 Å². The Balaban J connectivity index is 1.72. The molecule has 152 valence electrons. The van der Waals surface area contributed by atoms with Crippen LogP contribution in [0.25, 0.3) is 21.9 Å². The molecule has 0 aliphatic rings. The minimum atomic E-state index is -0.566. The fourth-order valence-corrected chi connectivity index (χ4v) is 3.24. The molecule has 0 spiro atoms. The summed E-state index contributed by atoms with van der Waals surface area (Å²) in [6, 6.07) is 9.25. The fraction of sp³-hybridized carbons (Fsp3) is 0.150. The summed E-state index contributed by atoms with van der Waals surface area (Å²) in [6.07, 6.45) is 1.35. The second-order valence-corrected chi connectivity index (χ2v) is 6.64. The minimum absolute atomic E-state index is 0.161. The Labute approximate surface area is 168 Å². The van der Waals surface area contributed by atoms with Crippen LogP contribution in [0.3, 0.4) is 0 Å². The fourth-order valence-electron chi connectivity index (χ4n) is 3.24. The highest BCUT2D eigenvalue weighted by Gasteiger charge is 2.17. The van der Waals surface area contributed by atoms with E-state index in [0.29, 0.717) is 16.5 Å². The molecule has 2 aromatic carbocycles. The molecule has 0 saturated carbocycles. The van der Waals surface area contributed by atoms with Gasteiger partial charge in [0.2, 0.25) is 5.91 Å². The highest BCUT2D eigenvalue weighted by Crippen LogP contribution is 2.29. The lowest BCUT2D eigenvalue weighted by Gasteiger charge is -2.11. The summed E-state index contributed by atoms with van der Waals surface area (Å²) in [5.41, 5.74) is 1.25. The van der Waals surface area contributed by atoms with Crippen LogP contribution in [0.4, 0.5) is 11.4 Å². The van der Waals surface area contributed by atoms with E-state index in [1.54, 1.807) is 6.07 Å². The van der Waals surface area contributed by atoms with E-state index < -0.39 is 16.5 Å². The largest absolute Gasteiger partial charge is 0.495 e. The number of anilines is 1. The monoisotopic (exact) mass is 408 g/mol. The number of aryl methyl sites for hydroxylation is 1. The van der Waals surface area contributed by atoms with E-state index in [1.807, 2.05) is 19.1 Å². The predicted molar refractivity (Wildman–Crippen MR) is 109 cm³/mol. The van der Waals surface area contributed by atoms with Gasteiger partial charge >= 0.3 is 5.63 Å². The molecule has 1 amide bonds. The minimum Gasteiger partial charge on any atom is -0.495 e. The molecule has 4 aromatic rings. The lowest BCUT2D eigenvalue weighted by molar-refractivity contribution is -0.384. The molecule has 0 aliphatic carbocycles. The van der Waals surface area contributed by atoms with E-state index in [-0.39, 0.29) is 29.1 Å². The molecule has 30 heavy (non-hydrogen) atoms. The van der Waals surface area contributed by atoms with Crippen molar-refractivity contribution in [1.82, 2.24) is 9.78 Å². The van der Waals surface area contributed by atoms with Crippen molar-refractivity contribution in [2.24, 2.45) is 0 Å². The Bertz CT molecular complexity index is 1370. The van der Waals surface area contributed by atoms with E-state index in [0.717, 1.165) is 5.56 Å². The molecule has 0 bridgehead atoms. The molecule has 0 aliphatic heterocycles. The zero-order chi connectivity index (χ0) is 21.4. The number of fused-ring (bicyclic) bond motifs is 3. The van der Waals surface area contributed by atoms with Crippen molar-refractivity contribution in [3.8, 4) is 5.75 Å². The van der Waals surface area contributed by atoms with Crippen LogP contribution in [0, 0.1) is 17.0 Å². The first-order valence-electron chi connectivity index (χ1n) is 8.88. The van der Waals surface area contributed by atoms with Gasteiger partial charge in [-0.1, -0.05) is 11.6 Å². The number of nitrogens with one attached hydrogen (secondary N) is 1. The summed E-state index contributed by atoms with van der Waals surface area (Å²) in [7, 11) is 1.39. The number of carbonyl (C=O) groups excluding carboxylic acids is 1. The summed E-state index contributed by atoms with van der Waals surface area (Å²) in [6.45, 7) is 1.68. The molecule has 1 N–H and O–H groups in total. The lowest BCUT2D eigenvalue weighted by Crippen LogP contribution is -2.20. The van der Waals surface area contributed by atoms with Crippen LogP contribution in [0.5, 0.6) is 5.75 Å². The van der Waals surface area contributed by atoms with E-state index in [4.69, 9.17) is 9.15 Å². The second kappa shape index (κ2) is 7.32. The number of nitro benzene ring substituents is 1.